The van der Waals surface area contributed by atoms with Crippen LogP contribution in [0.5, 0.6) is 0 Å². The monoisotopic (exact) mass is 348 g/mol. The summed E-state index contributed by atoms with van der Waals surface area (Å²) in [6.07, 6.45) is 0.953. The molecule has 0 aliphatic carbocycles. The number of aromatic nitrogens is 4. The normalized spacial score (nSPS) is 12.8. The molecule has 0 aliphatic rings. The minimum atomic E-state index is -0.881. The predicted octanol–water partition coefficient (Wildman–Crippen LogP) is 1.90. The lowest BCUT2D eigenvalue weighted by Crippen LogP contribution is -2.30. The SMILES string of the molecule is CCC(C)Nc1nc(NC)nc2c(NCC(C)(C)O)nc(NC)nc12. The molecule has 5 N–H and O–H groups in total. The minimum Gasteiger partial charge on any atom is -0.389 e. The minimum absolute atomic E-state index is 0.239. The molecule has 9 heteroatoms. The highest BCUT2D eigenvalue weighted by Crippen LogP contribution is 2.27. The molecule has 0 saturated heterocycles. The first kappa shape index (κ1) is 18.9. The molecule has 1 atom stereocenters. The summed E-state index contributed by atoms with van der Waals surface area (Å²) in [5.74, 6) is 2.13. The van der Waals surface area contributed by atoms with E-state index >= 15 is 0 Å². The molecule has 2 rings (SSSR count). The van der Waals surface area contributed by atoms with Crippen molar-refractivity contribution in [2.75, 3.05) is 41.9 Å². The van der Waals surface area contributed by atoms with Crippen molar-refractivity contribution < 1.29 is 5.11 Å². The standard InChI is InChI=1S/C16H28N8O/c1-7-9(2)20-13-11-10(21-15(18-6)24-13)12(19-8-16(3,4)25)23-14(17-5)22-11/h9,25H,7-8H2,1-6H3,(H2,17,19,22,23)(H2,18,20,21,24). The summed E-state index contributed by atoms with van der Waals surface area (Å²) in [4.78, 5) is 18.0. The second kappa shape index (κ2) is 7.64. The van der Waals surface area contributed by atoms with Gasteiger partial charge >= 0.3 is 0 Å². The largest absolute Gasteiger partial charge is 0.389 e. The lowest BCUT2D eigenvalue weighted by Gasteiger charge is -2.20. The number of fused-ring (bicyclic) bond motifs is 1. The van der Waals surface area contributed by atoms with Crippen molar-refractivity contribution in [3.05, 3.63) is 0 Å². The van der Waals surface area contributed by atoms with Gasteiger partial charge in [-0.1, -0.05) is 6.92 Å². The molecule has 0 aliphatic heterocycles. The number of hydrogen-bond acceptors (Lipinski definition) is 9. The maximum atomic E-state index is 10.0. The Hall–Kier alpha value is -2.42. The molecule has 0 bridgehead atoms. The Bertz CT molecular complexity index is 728. The molecule has 0 saturated carbocycles. The van der Waals surface area contributed by atoms with Crippen LogP contribution in [-0.4, -0.2) is 57.3 Å². The third kappa shape index (κ3) is 4.79. The molecular formula is C16H28N8O. The average molecular weight is 348 g/mol. The molecule has 0 spiro atoms. The van der Waals surface area contributed by atoms with Crippen LogP contribution in [0.3, 0.4) is 0 Å². The van der Waals surface area contributed by atoms with Crippen LogP contribution in [0.4, 0.5) is 23.5 Å². The van der Waals surface area contributed by atoms with E-state index < -0.39 is 5.60 Å². The lowest BCUT2D eigenvalue weighted by atomic mass is 10.1. The van der Waals surface area contributed by atoms with Crippen LogP contribution in [0.1, 0.15) is 34.1 Å². The first-order valence-electron chi connectivity index (χ1n) is 8.45. The zero-order chi connectivity index (χ0) is 18.6. The molecule has 0 radical (unpaired) electrons. The van der Waals surface area contributed by atoms with Crippen LogP contribution in [0, 0.1) is 0 Å². The highest BCUT2D eigenvalue weighted by Gasteiger charge is 2.19. The fourth-order valence-corrected chi connectivity index (χ4v) is 2.10. The van der Waals surface area contributed by atoms with E-state index in [4.69, 9.17) is 0 Å². The Kier molecular flexibility index (Phi) is 5.78. The van der Waals surface area contributed by atoms with Gasteiger partial charge in [-0.25, -0.2) is 9.97 Å². The highest BCUT2D eigenvalue weighted by atomic mass is 16.3. The van der Waals surface area contributed by atoms with Crippen molar-refractivity contribution in [1.82, 2.24) is 19.9 Å². The highest BCUT2D eigenvalue weighted by molar-refractivity contribution is 5.94. The van der Waals surface area contributed by atoms with Gasteiger partial charge in [0, 0.05) is 26.7 Å². The molecule has 1 unspecified atom stereocenters. The molecule has 2 aromatic rings. The van der Waals surface area contributed by atoms with Gasteiger partial charge in [-0.3, -0.25) is 0 Å². The number of rotatable bonds is 8. The van der Waals surface area contributed by atoms with Gasteiger partial charge in [0.1, 0.15) is 11.0 Å². The van der Waals surface area contributed by atoms with Crippen molar-refractivity contribution in [2.45, 2.75) is 45.8 Å². The third-order valence-corrected chi connectivity index (χ3v) is 3.67. The number of aliphatic hydroxyl groups is 1. The van der Waals surface area contributed by atoms with E-state index in [1.807, 2.05) is 0 Å². The zero-order valence-corrected chi connectivity index (χ0v) is 15.7. The Labute approximate surface area is 148 Å². The van der Waals surface area contributed by atoms with Crippen molar-refractivity contribution in [3.63, 3.8) is 0 Å². The van der Waals surface area contributed by atoms with Gasteiger partial charge in [0.05, 0.1) is 5.60 Å². The van der Waals surface area contributed by atoms with E-state index in [0.29, 0.717) is 41.1 Å². The van der Waals surface area contributed by atoms with Crippen LogP contribution >= 0.6 is 0 Å². The van der Waals surface area contributed by atoms with Gasteiger partial charge < -0.3 is 26.4 Å². The van der Waals surface area contributed by atoms with Crippen LogP contribution in [0.2, 0.25) is 0 Å². The van der Waals surface area contributed by atoms with Gasteiger partial charge in [-0.15, -0.1) is 0 Å². The fraction of sp³-hybridized carbons (Fsp3) is 0.625. The summed E-state index contributed by atoms with van der Waals surface area (Å²) in [5, 5.41) is 22.5. The number of hydrogen-bond donors (Lipinski definition) is 5. The quantitative estimate of drug-likeness (QED) is 0.487. The van der Waals surface area contributed by atoms with Crippen molar-refractivity contribution in [1.29, 1.82) is 0 Å². The molecular weight excluding hydrogens is 320 g/mol. The zero-order valence-electron chi connectivity index (χ0n) is 15.7. The molecule has 0 aromatic carbocycles. The first-order valence-corrected chi connectivity index (χ1v) is 8.45. The molecule has 9 nitrogen and oxygen atoms in total. The van der Waals surface area contributed by atoms with Crippen LogP contribution in [0.15, 0.2) is 0 Å². The van der Waals surface area contributed by atoms with Crippen molar-refractivity contribution >= 4 is 34.6 Å². The average Bonchev–Trinajstić information content (AvgIpc) is 2.58. The smallest absolute Gasteiger partial charge is 0.225 e. The van der Waals surface area contributed by atoms with E-state index in [2.05, 4.69) is 55.1 Å². The molecule has 0 fully saturated rings. The molecule has 2 aromatic heterocycles. The fourth-order valence-electron chi connectivity index (χ4n) is 2.10. The summed E-state index contributed by atoms with van der Waals surface area (Å²) in [6.45, 7) is 7.97. The van der Waals surface area contributed by atoms with Gasteiger partial charge in [-0.05, 0) is 27.2 Å². The van der Waals surface area contributed by atoms with E-state index in [1.165, 1.54) is 0 Å². The Morgan fingerprint density at radius 3 is 1.96 bits per heavy atom. The topological polar surface area (TPSA) is 120 Å². The Balaban J connectivity index is 2.60. The molecule has 2 heterocycles. The van der Waals surface area contributed by atoms with Gasteiger partial charge in [-0.2, -0.15) is 9.97 Å². The molecule has 25 heavy (non-hydrogen) atoms. The van der Waals surface area contributed by atoms with E-state index in [9.17, 15) is 5.11 Å². The summed E-state index contributed by atoms with van der Waals surface area (Å²) >= 11 is 0. The van der Waals surface area contributed by atoms with E-state index in [-0.39, 0.29) is 6.04 Å². The van der Waals surface area contributed by atoms with E-state index in [1.54, 1.807) is 27.9 Å². The summed E-state index contributed by atoms with van der Waals surface area (Å²) in [7, 11) is 3.52. The number of nitrogens with one attached hydrogen (secondary N) is 4. The lowest BCUT2D eigenvalue weighted by molar-refractivity contribution is 0.0944. The van der Waals surface area contributed by atoms with Gasteiger partial charge in [0.15, 0.2) is 11.6 Å². The Morgan fingerprint density at radius 2 is 1.48 bits per heavy atom. The summed E-state index contributed by atoms with van der Waals surface area (Å²) in [5.41, 5.74) is 0.332. The number of anilines is 4. The van der Waals surface area contributed by atoms with Crippen LogP contribution in [0.25, 0.3) is 11.0 Å². The van der Waals surface area contributed by atoms with Gasteiger partial charge in [0.2, 0.25) is 11.9 Å². The first-order chi connectivity index (χ1) is 11.8. The predicted molar refractivity (Wildman–Crippen MR) is 102 cm³/mol. The van der Waals surface area contributed by atoms with Crippen molar-refractivity contribution in [2.24, 2.45) is 0 Å². The summed E-state index contributed by atoms with van der Waals surface area (Å²) in [6, 6.07) is 0.239. The third-order valence-electron chi connectivity index (χ3n) is 3.67. The van der Waals surface area contributed by atoms with Crippen LogP contribution in [-0.2, 0) is 0 Å². The van der Waals surface area contributed by atoms with Gasteiger partial charge in [0.25, 0.3) is 0 Å². The second-order valence-corrected chi connectivity index (χ2v) is 6.61. The van der Waals surface area contributed by atoms with Crippen molar-refractivity contribution in [3.8, 4) is 0 Å². The number of nitrogens with zero attached hydrogens (tertiary/aromatic N) is 4. The summed E-state index contributed by atoms with van der Waals surface area (Å²) < 4.78 is 0. The molecule has 138 valence electrons. The molecule has 0 amide bonds. The van der Waals surface area contributed by atoms with E-state index in [0.717, 1.165) is 6.42 Å². The van der Waals surface area contributed by atoms with Crippen LogP contribution < -0.4 is 21.3 Å². The second-order valence-electron chi connectivity index (χ2n) is 6.61. The Morgan fingerprint density at radius 1 is 0.960 bits per heavy atom. The maximum absolute atomic E-state index is 10.0. The maximum Gasteiger partial charge on any atom is 0.225 e.